The van der Waals surface area contributed by atoms with Gasteiger partial charge >= 0.3 is 0 Å². The number of hydrogen-bond acceptors (Lipinski definition) is 4. The van der Waals surface area contributed by atoms with Gasteiger partial charge in [0, 0.05) is 12.1 Å². The molecule has 0 aliphatic rings. The molecule has 0 saturated heterocycles. The number of benzene rings is 2. The van der Waals surface area contributed by atoms with Crippen LogP contribution in [0.1, 0.15) is 24.7 Å². The molecule has 24 heavy (non-hydrogen) atoms. The summed E-state index contributed by atoms with van der Waals surface area (Å²) in [5.74, 6) is 1.55. The van der Waals surface area contributed by atoms with E-state index in [4.69, 9.17) is 0 Å². The Morgan fingerprint density at radius 2 is 1.67 bits per heavy atom. The van der Waals surface area contributed by atoms with Crippen molar-refractivity contribution in [3.8, 4) is 22.9 Å². The summed E-state index contributed by atoms with van der Waals surface area (Å²) in [7, 11) is 0. The highest BCUT2D eigenvalue weighted by Crippen LogP contribution is 2.28. The van der Waals surface area contributed by atoms with E-state index < -0.39 is 0 Å². The van der Waals surface area contributed by atoms with E-state index in [0.29, 0.717) is 29.3 Å². The molecule has 1 heterocycles. The Kier molecular flexibility index (Phi) is 4.61. The monoisotopic (exact) mass is 321 g/mol. The maximum Gasteiger partial charge on any atom is 0.174 e. The number of phenolic OH excluding ortho intramolecular Hbond substituents is 2. The quantitative estimate of drug-likeness (QED) is 0.747. The molecule has 122 valence electrons. The molecule has 0 spiro atoms. The van der Waals surface area contributed by atoms with Gasteiger partial charge in [-0.15, -0.1) is 0 Å². The Morgan fingerprint density at radius 3 is 2.38 bits per heavy atom. The summed E-state index contributed by atoms with van der Waals surface area (Å²) < 4.78 is 1.79. The summed E-state index contributed by atoms with van der Waals surface area (Å²) >= 11 is 0. The van der Waals surface area contributed by atoms with E-state index in [-0.39, 0.29) is 11.5 Å². The van der Waals surface area contributed by atoms with Gasteiger partial charge in [-0.1, -0.05) is 37.3 Å². The molecule has 2 aromatic carbocycles. The second-order valence-corrected chi connectivity index (χ2v) is 5.43. The average Bonchev–Trinajstić information content (AvgIpc) is 2.98. The molecule has 2 N–H and O–H groups in total. The summed E-state index contributed by atoms with van der Waals surface area (Å²) in [4.78, 5) is 4.53. The van der Waals surface area contributed by atoms with E-state index in [1.165, 1.54) is 0 Å². The maximum absolute atomic E-state index is 10.1. The van der Waals surface area contributed by atoms with Gasteiger partial charge in [0.15, 0.2) is 11.6 Å². The van der Waals surface area contributed by atoms with Crippen LogP contribution in [0.3, 0.4) is 0 Å². The average molecular weight is 321 g/mol. The van der Waals surface area contributed by atoms with E-state index in [2.05, 4.69) is 17.0 Å². The molecule has 5 heteroatoms. The Morgan fingerprint density at radius 1 is 0.958 bits per heavy atom. The number of aromatic nitrogens is 3. The molecule has 0 radical (unpaired) electrons. The van der Waals surface area contributed by atoms with Crippen LogP contribution in [0.2, 0.25) is 0 Å². The zero-order valence-electron chi connectivity index (χ0n) is 13.4. The second-order valence-electron chi connectivity index (χ2n) is 5.43. The zero-order valence-corrected chi connectivity index (χ0v) is 13.4. The first-order chi connectivity index (χ1) is 11.7. The van der Waals surface area contributed by atoms with Gasteiger partial charge in [0.2, 0.25) is 0 Å². The van der Waals surface area contributed by atoms with Crippen LogP contribution in [-0.2, 0) is 6.54 Å². The van der Waals surface area contributed by atoms with Crippen molar-refractivity contribution >= 4 is 12.2 Å². The summed E-state index contributed by atoms with van der Waals surface area (Å²) in [6.45, 7) is 2.77. The smallest absolute Gasteiger partial charge is 0.174 e. The number of aromatic hydroxyl groups is 2. The van der Waals surface area contributed by atoms with Crippen molar-refractivity contribution < 1.29 is 10.2 Å². The Labute approximate surface area is 140 Å². The van der Waals surface area contributed by atoms with Gasteiger partial charge < -0.3 is 10.2 Å². The van der Waals surface area contributed by atoms with E-state index in [0.717, 1.165) is 6.42 Å². The van der Waals surface area contributed by atoms with Crippen LogP contribution in [0.15, 0.2) is 48.5 Å². The summed E-state index contributed by atoms with van der Waals surface area (Å²) in [5.41, 5.74) is 1.36. The Hall–Kier alpha value is -3.08. The van der Waals surface area contributed by atoms with Gasteiger partial charge in [-0.05, 0) is 36.8 Å². The van der Waals surface area contributed by atoms with Gasteiger partial charge in [-0.2, -0.15) is 5.10 Å². The first kappa shape index (κ1) is 15.8. The standard InChI is InChI=1S/C19H19N3O2/c1-2-13-22-19(15-8-4-6-10-17(15)24)20-18(21-22)12-11-14-7-3-5-9-16(14)23/h3-12,23-24H,2,13H2,1H3/b12-11+. The lowest BCUT2D eigenvalue weighted by atomic mass is 10.2. The van der Waals surface area contributed by atoms with Crippen LogP contribution in [0.25, 0.3) is 23.5 Å². The Bertz CT molecular complexity index is 869. The number of nitrogens with zero attached hydrogens (tertiary/aromatic N) is 3. The first-order valence-electron chi connectivity index (χ1n) is 7.88. The zero-order chi connectivity index (χ0) is 16.9. The van der Waals surface area contributed by atoms with Crippen LogP contribution in [0.5, 0.6) is 11.5 Å². The third-order valence-corrected chi connectivity index (χ3v) is 3.62. The van der Waals surface area contributed by atoms with Crippen LogP contribution in [0, 0.1) is 0 Å². The number of phenols is 2. The molecule has 0 fully saturated rings. The van der Waals surface area contributed by atoms with E-state index in [9.17, 15) is 10.2 Å². The van der Waals surface area contributed by atoms with E-state index in [1.54, 1.807) is 41.1 Å². The number of hydrogen-bond donors (Lipinski definition) is 2. The molecule has 1 aromatic heterocycles. The lowest BCUT2D eigenvalue weighted by Crippen LogP contribution is -2.01. The third-order valence-electron chi connectivity index (χ3n) is 3.62. The summed E-state index contributed by atoms with van der Waals surface area (Å²) in [5, 5.41) is 24.4. The normalized spacial score (nSPS) is 11.2. The van der Waals surface area contributed by atoms with Crippen molar-refractivity contribution in [2.45, 2.75) is 19.9 Å². The summed E-state index contributed by atoms with van der Waals surface area (Å²) in [6.07, 6.45) is 4.44. The van der Waals surface area contributed by atoms with E-state index in [1.807, 2.05) is 24.3 Å². The van der Waals surface area contributed by atoms with E-state index >= 15 is 0 Å². The third kappa shape index (κ3) is 3.30. The van der Waals surface area contributed by atoms with Crippen molar-refractivity contribution in [2.24, 2.45) is 0 Å². The molecule has 5 nitrogen and oxygen atoms in total. The number of para-hydroxylation sites is 2. The van der Waals surface area contributed by atoms with Crippen LogP contribution >= 0.6 is 0 Å². The van der Waals surface area contributed by atoms with Crippen molar-refractivity contribution in [3.63, 3.8) is 0 Å². The van der Waals surface area contributed by atoms with Crippen molar-refractivity contribution in [3.05, 3.63) is 59.9 Å². The fourth-order valence-corrected chi connectivity index (χ4v) is 2.45. The highest BCUT2D eigenvalue weighted by molar-refractivity contribution is 5.71. The molecule has 0 aliphatic heterocycles. The lowest BCUT2D eigenvalue weighted by Gasteiger charge is -2.05. The minimum Gasteiger partial charge on any atom is -0.507 e. The minimum absolute atomic E-state index is 0.179. The SMILES string of the molecule is CCCn1nc(/C=C/c2ccccc2O)nc1-c1ccccc1O. The molecule has 0 atom stereocenters. The van der Waals surface area contributed by atoms with Crippen LogP contribution in [-0.4, -0.2) is 25.0 Å². The van der Waals surface area contributed by atoms with Crippen molar-refractivity contribution in [1.82, 2.24) is 14.8 Å². The molecule has 3 aromatic rings. The molecule has 0 aliphatic carbocycles. The number of aryl methyl sites for hydroxylation is 1. The molecule has 3 rings (SSSR count). The van der Waals surface area contributed by atoms with Crippen LogP contribution < -0.4 is 0 Å². The largest absolute Gasteiger partial charge is 0.507 e. The van der Waals surface area contributed by atoms with Gasteiger partial charge in [0.1, 0.15) is 11.5 Å². The topological polar surface area (TPSA) is 71.2 Å². The first-order valence-corrected chi connectivity index (χ1v) is 7.88. The molecule has 0 bridgehead atoms. The fourth-order valence-electron chi connectivity index (χ4n) is 2.45. The lowest BCUT2D eigenvalue weighted by molar-refractivity contribution is 0.474. The molecule has 0 amide bonds. The molecular weight excluding hydrogens is 302 g/mol. The van der Waals surface area contributed by atoms with Gasteiger partial charge in [-0.25, -0.2) is 9.67 Å². The highest BCUT2D eigenvalue weighted by atomic mass is 16.3. The molecule has 0 unspecified atom stereocenters. The molecular formula is C19H19N3O2. The van der Waals surface area contributed by atoms with Gasteiger partial charge in [-0.3, -0.25) is 0 Å². The predicted octanol–water partition coefficient (Wildman–Crippen LogP) is 3.94. The highest BCUT2D eigenvalue weighted by Gasteiger charge is 2.13. The van der Waals surface area contributed by atoms with Crippen molar-refractivity contribution in [1.29, 1.82) is 0 Å². The predicted molar refractivity (Wildman–Crippen MR) is 94.4 cm³/mol. The Balaban J connectivity index is 1.97. The minimum atomic E-state index is 0.179. The fraction of sp³-hybridized carbons (Fsp3) is 0.158. The van der Waals surface area contributed by atoms with Crippen molar-refractivity contribution in [2.75, 3.05) is 0 Å². The van der Waals surface area contributed by atoms with Crippen LogP contribution in [0.4, 0.5) is 0 Å². The molecule has 0 saturated carbocycles. The second kappa shape index (κ2) is 7.00. The summed E-state index contributed by atoms with van der Waals surface area (Å²) in [6, 6.07) is 14.2. The van der Waals surface area contributed by atoms with Gasteiger partial charge in [0.05, 0.1) is 5.56 Å². The van der Waals surface area contributed by atoms with Gasteiger partial charge in [0.25, 0.3) is 0 Å². The maximum atomic E-state index is 10.1. The number of rotatable bonds is 5.